The molecule has 2 heterocycles. The van der Waals surface area contributed by atoms with Gasteiger partial charge in [-0.2, -0.15) is 8.78 Å². The number of fused-ring (bicyclic) bond motifs is 1. The van der Waals surface area contributed by atoms with E-state index in [1.54, 1.807) is 0 Å². The summed E-state index contributed by atoms with van der Waals surface area (Å²) in [5, 5.41) is -5.21. The van der Waals surface area contributed by atoms with Crippen LogP contribution >= 0.6 is 11.6 Å². The Balaban J connectivity index is 1.64. The maximum atomic E-state index is 14.9. The smallest absolute Gasteiger partial charge is 0.348 e. The van der Waals surface area contributed by atoms with Gasteiger partial charge in [0.2, 0.25) is 27.8 Å². The van der Waals surface area contributed by atoms with Crippen molar-refractivity contribution in [3.8, 4) is 0 Å². The molecule has 4 rings (SSSR count). The number of carbonyl (C=O) groups excluding carboxylic acids is 4. The number of piperidine rings is 1. The molecule has 0 saturated carbocycles. The van der Waals surface area contributed by atoms with Gasteiger partial charge < -0.3 is 14.5 Å². The van der Waals surface area contributed by atoms with E-state index in [-0.39, 0.29) is 31.3 Å². The quantitative estimate of drug-likeness (QED) is 0.375. The molecule has 40 heavy (non-hydrogen) atoms. The third kappa shape index (κ3) is 4.10. The SMILES string of the molecule is [B]C(c1ccc2c(c1)CN(C1([B])C(=O)N([B])C(=O)C([B])([B])C1([B])[B])C2=O)N([B])C(=O)C(F)(F)c1ccc(Cl)cc1. The Kier molecular flexibility index (Phi) is 7.27. The Bertz CT molecular complexity index is 1450. The average molecular weight is 540 g/mol. The molecule has 2 unspecified atom stereocenters. The molecular formula is C22H10B8ClF2N3O4. The molecule has 7 nitrogen and oxygen atoms in total. The summed E-state index contributed by atoms with van der Waals surface area (Å²) in [5.41, 5.74) is -3.21. The molecule has 0 bridgehead atoms. The van der Waals surface area contributed by atoms with Crippen molar-refractivity contribution in [1.29, 1.82) is 0 Å². The van der Waals surface area contributed by atoms with Crippen LogP contribution in [0, 0.1) is 0 Å². The molecule has 0 N–H and O–H groups in total. The summed E-state index contributed by atoms with van der Waals surface area (Å²) in [5.74, 6) is -11.1. The van der Waals surface area contributed by atoms with Gasteiger partial charge in [-0.1, -0.05) is 41.1 Å². The van der Waals surface area contributed by atoms with E-state index in [0.717, 1.165) is 17.0 Å². The number of hydrogen-bond acceptors (Lipinski definition) is 4. The normalized spacial score (nSPS) is 22.6. The van der Waals surface area contributed by atoms with Crippen LogP contribution in [0.1, 0.15) is 33.0 Å². The first-order chi connectivity index (χ1) is 18.3. The summed E-state index contributed by atoms with van der Waals surface area (Å²) in [6.07, 6.45) is 0. The number of amides is 4. The summed E-state index contributed by atoms with van der Waals surface area (Å²) < 4.78 is 29.7. The van der Waals surface area contributed by atoms with Gasteiger partial charge in [0.25, 0.3) is 11.8 Å². The van der Waals surface area contributed by atoms with Crippen molar-refractivity contribution in [3.63, 3.8) is 0 Å². The van der Waals surface area contributed by atoms with Crippen LogP contribution in [-0.4, -0.2) is 107 Å². The molecule has 4 amide bonds. The molecule has 1 fully saturated rings. The fourth-order valence-electron chi connectivity index (χ4n) is 4.52. The minimum Gasteiger partial charge on any atom is -0.393 e. The van der Waals surface area contributed by atoms with Crippen molar-refractivity contribution in [2.24, 2.45) is 0 Å². The number of rotatable bonds is 5. The average Bonchev–Trinajstić information content (AvgIpc) is 3.25. The van der Waals surface area contributed by atoms with E-state index in [1.165, 1.54) is 30.3 Å². The van der Waals surface area contributed by atoms with Gasteiger partial charge in [0, 0.05) is 28.6 Å². The maximum Gasteiger partial charge on any atom is 0.348 e. The number of carbonyl (C=O) groups is 4. The standard InChI is InChI=1S/C22H10B8ClF2N3O4/c23-14(35(29)16(38)19(32,33)11-2-4-12(31)5-3-11)9-1-6-13-10(7-9)8-34(15(13)37)21(26)18(40)36(30)17(39)20(24,25)22(21,27)28/h1-7,14H,8H2. The fourth-order valence-corrected chi connectivity index (χ4v) is 4.65. The number of benzene rings is 2. The van der Waals surface area contributed by atoms with Crippen molar-refractivity contribution in [2.45, 2.75) is 34.3 Å². The molecule has 2 aliphatic rings. The lowest BCUT2D eigenvalue weighted by molar-refractivity contribution is -0.154. The lowest BCUT2D eigenvalue weighted by atomic mass is 9.21. The van der Waals surface area contributed by atoms with Gasteiger partial charge in [-0.05, 0) is 34.5 Å². The highest BCUT2D eigenvalue weighted by atomic mass is 35.5. The second kappa shape index (κ2) is 9.64. The topological polar surface area (TPSA) is 78.0 Å². The van der Waals surface area contributed by atoms with E-state index in [0.29, 0.717) is 0 Å². The van der Waals surface area contributed by atoms with Gasteiger partial charge in [-0.25, -0.2) is 0 Å². The summed E-state index contributed by atoms with van der Waals surface area (Å²) >= 11 is 5.72. The second-order valence-corrected chi connectivity index (χ2v) is 9.97. The Labute approximate surface area is 244 Å². The van der Waals surface area contributed by atoms with Crippen LogP contribution in [-0.2, 0) is 26.9 Å². The molecule has 16 radical (unpaired) electrons. The van der Waals surface area contributed by atoms with E-state index in [2.05, 4.69) is 0 Å². The molecule has 182 valence electrons. The molecule has 2 aromatic carbocycles. The zero-order valence-corrected chi connectivity index (χ0v) is 21.3. The van der Waals surface area contributed by atoms with Crippen LogP contribution in [0.15, 0.2) is 42.5 Å². The van der Waals surface area contributed by atoms with Crippen molar-refractivity contribution < 1.29 is 28.0 Å². The summed E-state index contributed by atoms with van der Waals surface area (Å²) in [6, 6.07) is 8.05. The van der Waals surface area contributed by atoms with Crippen molar-refractivity contribution in [3.05, 3.63) is 69.7 Å². The van der Waals surface area contributed by atoms with Gasteiger partial charge in [0.15, 0.2) is 0 Å². The van der Waals surface area contributed by atoms with Gasteiger partial charge in [0.1, 0.15) is 15.7 Å². The Hall–Kier alpha value is -2.81. The third-order valence-corrected chi connectivity index (χ3v) is 7.39. The third-order valence-electron chi connectivity index (χ3n) is 7.14. The van der Waals surface area contributed by atoms with Crippen LogP contribution in [0.5, 0.6) is 0 Å². The maximum absolute atomic E-state index is 14.9. The van der Waals surface area contributed by atoms with E-state index >= 15 is 0 Å². The van der Waals surface area contributed by atoms with Crippen molar-refractivity contribution in [2.75, 3.05) is 0 Å². The molecule has 18 heteroatoms. The molecule has 0 aliphatic carbocycles. The van der Waals surface area contributed by atoms with Gasteiger partial charge in [-0.3, -0.25) is 19.2 Å². The minimum absolute atomic E-state index is 0.0222. The number of imide groups is 1. The van der Waals surface area contributed by atoms with Crippen LogP contribution in [0.2, 0.25) is 15.5 Å². The number of halogens is 3. The zero-order valence-electron chi connectivity index (χ0n) is 20.6. The number of hydrogen-bond donors (Lipinski definition) is 0. The lowest BCUT2D eigenvalue weighted by Crippen LogP contribution is -2.75. The Morgan fingerprint density at radius 3 is 2.15 bits per heavy atom. The predicted octanol–water partition coefficient (Wildman–Crippen LogP) is -0.609. The first-order valence-electron chi connectivity index (χ1n) is 11.3. The van der Waals surface area contributed by atoms with Crippen LogP contribution < -0.4 is 0 Å². The summed E-state index contributed by atoms with van der Waals surface area (Å²) in [7, 11) is 47.2. The molecular weight excluding hydrogens is 530 g/mol. The first kappa shape index (κ1) is 30.2. The molecule has 2 atom stereocenters. The number of alkyl halides is 2. The van der Waals surface area contributed by atoms with E-state index in [1.807, 2.05) is 0 Å². The number of nitrogens with zero attached hydrogens (tertiary/aromatic N) is 3. The van der Waals surface area contributed by atoms with Crippen molar-refractivity contribution >= 4 is 98.3 Å². The molecule has 2 aliphatic heterocycles. The second-order valence-electron chi connectivity index (χ2n) is 9.53. The minimum atomic E-state index is -4.05. The van der Waals surface area contributed by atoms with Gasteiger partial charge in [-0.15, -0.1) is 0 Å². The van der Waals surface area contributed by atoms with E-state index in [9.17, 15) is 28.0 Å². The Morgan fingerprint density at radius 1 is 1.00 bits per heavy atom. The fraction of sp³-hybridized carbons (Fsp3) is 0.273. The van der Waals surface area contributed by atoms with E-state index < -0.39 is 63.5 Å². The zero-order chi connectivity index (χ0) is 30.2. The summed E-state index contributed by atoms with van der Waals surface area (Å²) in [4.78, 5) is 52.2. The first-order valence-corrected chi connectivity index (χ1v) is 11.7. The molecule has 0 aromatic heterocycles. The largest absolute Gasteiger partial charge is 0.393 e. The monoisotopic (exact) mass is 541 g/mol. The summed E-state index contributed by atoms with van der Waals surface area (Å²) in [6.45, 7) is -0.454. The Morgan fingerprint density at radius 2 is 1.57 bits per heavy atom. The predicted molar refractivity (Wildman–Crippen MR) is 147 cm³/mol. The van der Waals surface area contributed by atoms with Gasteiger partial charge in [0.05, 0.1) is 36.8 Å². The lowest BCUT2D eigenvalue weighted by Gasteiger charge is -2.62. The van der Waals surface area contributed by atoms with Crippen LogP contribution in [0.25, 0.3) is 0 Å². The highest BCUT2D eigenvalue weighted by Gasteiger charge is 2.64. The molecule has 2 aromatic rings. The van der Waals surface area contributed by atoms with E-state index in [4.69, 9.17) is 74.6 Å². The highest BCUT2D eigenvalue weighted by Crippen LogP contribution is 2.57. The van der Waals surface area contributed by atoms with Crippen LogP contribution in [0.4, 0.5) is 8.78 Å². The van der Waals surface area contributed by atoms with Crippen molar-refractivity contribution in [1.82, 2.24) is 14.5 Å². The molecule has 1 saturated heterocycles. The highest BCUT2D eigenvalue weighted by molar-refractivity contribution is 6.68. The van der Waals surface area contributed by atoms with Gasteiger partial charge >= 0.3 is 5.92 Å². The van der Waals surface area contributed by atoms with Crippen LogP contribution in [0.3, 0.4) is 0 Å². The molecule has 0 spiro atoms.